The van der Waals surface area contributed by atoms with Crippen LogP contribution in [0.15, 0.2) is 12.3 Å². The standard InChI is InChI=1S/C14H21BFNO2/c1-9(2)10-7-8-17-12(11(10)16)15-18-13(3,4)14(5,6)19-15/h7-9H,1-6H3. The highest BCUT2D eigenvalue weighted by molar-refractivity contribution is 6.61. The van der Waals surface area contributed by atoms with Gasteiger partial charge in [-0.25, -0.2) is 4.39 Å². The van der Waals surface area contributed by atoms with Crippen LogP contribution < -0.4 is 5.59 Å². The van der Waals surface area contributed by atoms with Gasteiger partial charge >= 0.3 is 7.12 Å². The van der Waals surface area contributed by atoms with E-state index in [9.17, 15) is 4.39 Å². The predicted octanol–water partition coefficient (Wildman–Crippen LogP) is 2.64. The fourth-order valence-electron chi connectivity index (χ4n) is 2.04. The highest BCUT2D eigenvalue weighted by Crippen LogP contribution is 2.36. The van der Waals surface area contributed by atoms with Crippen LogP contribution >= 0.6 is 0 Å². The Kier molecular flexibility index (Phi) is 3.48. The quantitative estimate of drug-likeness (QED) is 0.770. The minimum atomic E-state index is -0.747. The molecule has 0 unspecified atom stereocenters. The fraction of sp³-hybridized carbons (Fsp3) is 0.643. The molecule has 19 heavy (non-hydrogen) atoms. The van der Waals surface area contributed by atoms with E-state index in [1.54, 1.807) is 12.3 Å². The minimum absolute atomic E-state index is 0.101. The van der Waals surface area contributed by atoms with Gasteiger partial charge in [-0.05, 0) is 45.2 Å². The van der Waals surface area contributed by atoms with Crippen molar-refractivity contribution in [2.24, 2.45) is 0 Å². The van der Waals surface area contributed by atoms with Crippen LogP contribution in [-0.4, -0.2) is 23.3 Å². The Morgan fingerprint density at radius 3 is 2.16 bits per heavy atom. The van der Waals surface area contributed by atoms with E-state index in [1.807, 2.05) is 41.5 Å². The number of hydrogen-bond donors (Lipinski definition) is 0. The summed E-state index contributed by atoms with van der Waals surface area (Å²) < 4.78 is 26.1. The Labute approximate surface area is 114 Å². The average molecular weight is 265 g/mol. The molecule has 0 amide bonds. The van der Waals surface area contributed by atoms with Crippen molar-refractivity contribution in [2.45, 2.75) is 58.7 Å². The minimum Gasteiger partial charge on any atom is -0.398 e. The van der Waals surface area contributed by atoms with Gasteiger partial charge in [-0.1, -0.05) is 13.8 Å². The lowest BCUT2D eigenvalue weighted by atomic mass is 9.82. The molecular formula is C14H21BFNO2. The Bertz CT molecular complexity index is 472. The van der Waals surface area contributed by atoms with Crippen LogP contribution in [0.4, 0.5) is 4.39 Å². The van der Waals surface area contributed by atoms with Crippen molar-refractivity contribution in [1.29, 1.82) is 0 Å². The van der Waals surface area contributed by atoms with Crippen LogP contribution in [0.3, 0.4) is 0 Å². The molecule has 1 aromatic rings. The lowest BCUT2D eigenvalue weighted by Gasteiger charge is -2.32. The molecule has 1 aromatic heterocycles. The van der Waals surface area contributed by atoms with Crippen LogP contribution in [0.1, 0.15) is 53.0 Å². The van der Waals surface area contributed by atoms with E-state index in [0.29, 0.717) is 5.56 Å². The van der Waals surface area contributed by atoms with E-state index >= 15 is 0 Å². The zero-order valence-corrected chi connectivity index (χ0v) is 12.5. The molecule has 1 saturated heterocycles. The molecular weight excluding hydrogens is 244 g/mol. The summed E-state index contributed by atoms with van der Waals surface area (Å²) in [6.45, 7) is 11.7. The van der Waals surface area contributed by atoms with Gasteiger partial charge in [-0.15, -0.1) is 0 Å². The zero-order chi connectivity index (χ0) is 14.4. The number of nitrogens with zero attached hydrogens (tertiary/aromatic N) is 1. The van der Waals surface area contributed by atoms with Crippen molar-refractivity contribution in [1.82, 2.24) is 4.98 Å². The van der Waals surface area contributed by atoms with Gasteiger partial charge in [-0.3, -0.25) is 4.98 Å². The Hall–Kier alpha value is -0.935. The molecule has 0 aromatic carbocycles. The van der Waals surface area contributed by atoms with Gasteiger partial charge in [0.2, 0.25) is 0 Å². The Morgan fingerprint density at radius 1 is 1.16 bits per heavy atom. The summed E-state index contributed by atoms with van der Waals surface area (Å²) in [5.74, 6) is -0.222. The van der Waals surface area contributed by atoms with Crippen LogP contribution in [-0.2, 0) is 9.31 Å². The van der Waals surface area contributed by atoms with Gasteiger partial charge in [0.15, 0.2) is 0 Å². The van der Waals surface area contributed by atoms with Crippen molar-refractivity contribution in [3.8, 4) is 0 Å². The summed E-state index contributed by atoms with van der Waals surface area (Å²) >= 11 is 0. The topological polar surface area (TPSA) is 31.4 Å². The summed E-state index contributed by atoms with van der Waals surface area (Å²) in [6.07, 6.45) is 1.61. The van der Waals surface area contributed by atoms with Crippen LogP contribution in [0.2, 0.25) is 0 Å². The van der Waals surface area contributed by atoms with E-state index in [2.05, 4.69) is 4.98 Å². The van der Waals surface area contributed by atoms with Crippen molar-refractivity contribution in [3.05, 3.63) is 23.6 Å². The van der Waals surface area contributed by atoms with Gasteiger partial charge in [0.05, 0.1) is 11.2 Å². The van der Waals surface area contributed by atoms with Crippen molar-refractivity contribution in [3.63, 3.8) is 0 Å². The second kappa shape index (κ2) is 4.56. The molecule has 3 nitrogen and oxygen atoms in total. The largest absolute Gasteiger partial charge is 0.517 e. The lowest BCUT2D eigenvalue weighted by molar-refractivity contribution is 0.00578. The average Bonchev–Trinajstić information content (AvgIpc) is 2.47. The van der Waals surface area contributed by atoms with E-state index in [1.165, 1.54) is 0 Å². The van der Waals surface area contributed by atoms with E-state index in [4.69, 9.17) is 9.31 Å². The fourth-order valence-corrected chi connectivity index (χ4v) is 2.04. The first kappa shape index (κ1) is 14.5. The van der Waals surface area contributed by atoms with E-state index in [0.717, 1.165) is 0 Å². The molecule has 0 bridgehead atoms. The van der Waals surface area contributed by atoms with E-state index < -0.39 is 18.3 Å². The summed E-state index contributed by atoms with van der Waals surface area (Å²) in [5.41, 5.74) is -0.0937. The number of hydrogen-bond acceptors (Lipinski definition) is 3. The molecule has 104 valence electrons. The highest BCUT2D eigenvalue weighted by Gasteiger charge is 2.53. The monoisotopic (exact) mass is 265 g/mol. The first-order valence-corrected chi connectivity index (χ1v) is 6.65. The number of halogens is 1. The van der Waals surface area contributed by atoms with Gasteiger partial charge in [-0.2, -0.15) is 0 Å². The number of aromatic nitrogens is 1. The Morgan fingerprint density at radius 2 is 1.68 bits per heavy atom. The van der Waals surface area contributed by atoms with Gasteiger partial charge < -0.3 is 9.31 Å². The molecule has 1 fully saturated rings. The maximum absolute atomic E-state index is 14.5. The van der Waals surface area contributed by atoms with Crippen molar-refractivity contribution < 1.29 is 13.7 Å². The summed E-state index contributed by atoms with van der Waals surface area (Å²) in [5, 5.41) is 0. The second-order valence-electron chi connectivity index (χ2n) is 6.34. The zero-order valence-electron chi connectivity index (χ0n) is 12.5. The Balaban J connectivity index is 2.38. The normalized spacial score (nSPS) is 21.2. The second-order valence-corrected chi connectivity index (χ2v) is 6.34. The maximum atomic E-state index is 14.5. The third-order valence-corrected chi connectivity index (χ3v) is 4.04. The molecule has 2 rings (SSSR count). The van der Waals surface area contributed by atoms with Crippen LogP contribution in [0.25, 0.3) is 0 Å². The third-order valence-electron chi connectivity index (χ3n) is 4.04. The SMILES string of the molecule is CC(C)c1ccnc(B2OC(C)(C)C(C)(C)O2)c1F. The molecule has 1 aliphatic heterocycles. The molecule has 1 aliphatic rings. The molecule has 0 aliphatic carbocycles. The smallest absolute Gasteiger partial charge is 0.398 e. The van der Waals surface area contributed by atoms with Gasteiger partial charge in [0, 0.05) is 6.20 Å². The lowest BCUT2D eigenvalue weighted by Crippen LogP contribution is -2.41. The van der Waals surface area contributed by atoms with Gasteiger partial charge in [0.1, 0.15) is 11.4 Å². The van der Waals surface area contributed by atoms with E-state index in [-0.39, 0.29) is 17.3 Å². The van der Waals surface area contributed by atoms with Crippen LogP contribution in [0.5, 0.6) is 0 Å². The molecule has 0 saturated carbocycles. The summed E-state index contributed by atoms with van der Waals surface area (Å²) in [6, 6.07) is 1.70. The summed E-state index contributed by atoms with van der Waals surface area (Å²) in [4.78, 5) is 4.11. The van der Waals surface area contributed by atoms with Gasteiger partial charge in [0.25, 0.3) is 0 Å². The van der Waals surface area contributed by atoms with Crippen molar-refractivity contribution >= 4 is 12.7 Å². The first-order chi connectivity index (χ1) is 8.66. The molecule has 5 heteroatoms. The van der Waals surface area contributed by atoms with Crippen molar-refractivity contribution in [2.75, 3.05) is 0 Å². The summed E-state index contributed by atoms with van der Waals surface area (Å²) in [7, 11) is -0.747. The molecule has 2 heterocycles. The maximum Gasteiger partial charge on any atom is 0.517 e. The molecule has 0 radical (unpaired) electrons. The number of pyridine rings is 1. The molecule has 0 spiro atoms. The third kappa shape index (κ3) is 2.41. The molecule has 0 atom stereocenters. The first-order valence-electron chi connectivity index (χ1n) is 6.65. The molecule has 0 N–H and O–H groups in total. The number of rotatable bonds is 2. The highest BCUT2D eigenvalue weighted by atomic mass is 19.1. The predicted molar refractivity (Wildman–Crippen MR) is 74.0 cm³/mol. The van der Waals surface area contributed by atoms with Crippen LogP contribution in [0, 0.1) is 5.82 Å².